The lowest BCUT2D eigenvalue weighted by molar-refractivity contribution is 0.247. The molecule has 0 aliphatic heterocycles. The van der Waals surface area contributed by atoms with Gasteiger partial charge in [0, 0.05) is 23.6 Å². The van der Waals surface area contributed by atoms with Crippen molar-refractivity contribution in [2.24, 2.45) is 5.92 Å². The Balaban J connectivity index is 2.02. The molecule has 0 aliphatic carbocycles. The van der Waals surface area contributed by atoms with E-state index in [0.29, 0.717) is 5.92 Å². The van der Waals surface area contributed by atoms with Crippen LogP contribution in [0.25, 0.3) is 5.69 Å². The molecule has 0 fully saturated rings. The number of amides is 2. The van der Waals surface area contributed by atoms with Gasteiger partial charge in [0.1, 0.15) is 0 Å². The zero-order valence-corrected chi connectivity index (χ0v) is 13.6. The van der Waals surface area contributed by atoms with Crippen molar-refractivity contribution < 1.29 is 4.79 Å². The van der Waals surface area contributed by atoms with E-state index in [1.165, 1.54) is 0 Å². The molecule has 0 bridgehead atoms. The molecule has 5 nitrogen and oxygen atoms in total. The van der Waals surface area contributed by atoms with E-state index in [-0.39, 0.29) is 12.1 Å². The molecule has 1 heterocycles. The summed E-state index contributed by atoms with van der Waals surface area (Å²) < 4.78 is 1.84. The fraction of sp³-hybridized carbons (Fsp3) is 0.412. The molecule has 5 heteroatoms. The molecular formula is C17H24N4O. The Labute approximate surface area is 131 Å². The number of nitrogens with zero attached hydrogens (tertiary/aromatic N) is 2. The number of anilines is 1. The Morgan fingerprint density at radius 1 is 1.27 bits per heavy atom. The summed E-state index contributed by atoms with van der Waals surface area (Å²) in [5, 5.41) is 10.1. The van der Waals surface area contributed by atoms with E-state index in [0.717, 1.165) is 23.5 Å². The lowest BCUT2D eigenvalue weighted by Gasteiger charge is -2.16. The third-order valence-corrected chi connectivity index (χ3v) is 3.38. The van der Waals surface area contributed by atoms with Crippen molar-refractivity contribution in [1.82, 2.24) is 15.1 Å². The van der Waals surface area contributed by atoms with E-state index in [2.05, 4.69) is 29.6 Å². The van der Waals surface area contributed by atoms with Gasteiger partial charge in [0.05, 0.1) is 5.69 Å². The molecule has 1 aromatic heterocycles. The van der Waals surface area contributed by atoms with Gasteiger partial charge in [-0.2, -0.15) is 5.10 Å². The molecule has 0 saturated heterocycles. The van der Waals surface area contributed by atoms with Gasteiger partial charge in [-0.1, -0.05) is 19.9 Å². The quantitative estimate of drug-likeness (QED) is 0.883. The standard InChI is InChI=1S/C17H24N4O/c1-12(2)10-13(3)19-17(22)20-15-6-5-7-16(11-15)21-14(4)8-9-18-21/h5-9,11-13H,10H2,1-4H3,(H2,19,20,22). The van der Waals surface area contributed by atoms with Gasteiger partial charge in [-0.15, -0.1) is 0 Å². The number of benzene rings is 1. The number of carbonyl (C=O) groups is 1. The molecule has 118 valence electrons. The average molecular weight is 300 g/mol. The average Bonchev–Trinajstić information content (AvgIpc) is 2.84. The SMILES string of the molecule is Cc1ccnn1-c1cccc(NC(=O)NC(C)CC(C)C)c1. The molecule has 22 heavy (non-hydrogen) atoms. The van der Waals surface area contributed by atoms with Crippen LogP contribution in [0.1, 0.15) is 32.9 Å². The third kappa shape index (κ3) is 4.35. The van der Waals surface area contributed by atoms with Crippen molar-refractivity contribution in [3.8, 4) is 5.69 Å². The minimum atomic E-state index is -0.178. The van der Waals surface area contributed by atoms with Crippen molar-refractivity contribution >= 4 is 11.7 Å². The van der Waals surface area contributed by atoms with Crippen molar-refractivity contribution in [3.05, 3.63) is 42.2 Å². The second kappa shape index (κ2) is 7.11. The lowest BCUT2D eigenvalue weighted by Crippen LogP contribution is -2.36. The van der Waals surface area contributed by atoms with Crippen molar-refractivity contribution in [3.63, 3.8) is 0 Å². The molecule has 2 aromatic rings. The van der Waals surface area contributed by atoms with Crippen LogP contribution < -0.4 is 10.6 Å². The van der Waals surface area contributed by atoms with Crippen LogP contribution >= 0.6 is 0 Å². The number of nitrogens with one attached hydrogen (secondary N) is 2. The first-order valence-corrected chi connectivity index (χ1v) is 7.64. The van der Waals surface area contributed by atoms with Gasteiger partial charge in [-0.25, -0.2) is 9.48 Å². The lowest BCUT2D eigenvalue weighted by atomic mass is 10.1. The highest BCUT2D eigenvalue weighted by molar-refractivity contribution is 5.89. The molecule has 0 radical (unpaired) electrons. The summed E-state index contributed by atoms with van der Waals surface area (Å²) in [6.45, 7) is 8.30. The molecule has 0 aliphatic rings. The molecule has 0 spiro atoms. The Morgan fingerprint density at radius 2 is 2.05 bits per heavy atom. The van der Waals surface area contributed by atoms with E-state index in [1.807, 2.05) is 48.9 Å². The minimum absolute atomic E-state index is 0.150. The van der Waals surface area contributed by atoms with Gasteiger partial charge < -0.3 is 10.6 Å². The summed E-state index contributed by atoms with van der Waals surface area (Å²) in [6, 6.07) is 9.56. The molecule has 2 rings (SSSR count). The molecule has 2 amide bonds. The van der Waals surface area contributed by atoms with Gasteiger partial charge in [0.2, 0.25) is 0 Å². The number of hydrogen-bond donors (Lipinski definition) is 2. The highest BCUT2D eigenvalue weighted by atomic mass is 16.2. The van der Waals surface area contributed by atoms with Crippen LogP contribution in [0.15, 0.2) is 36.5 Å². The maximum atomic E-state index is 12.0. The highest BCUT2D eigenvalue weighted by Gasteiger charge is 2.09. The Bertz CT molecular complexity index is 633. The second-order valence-corrected chi connectivity index (χ2v) is 6.06. The molecule has 1 atom stereocenters. The predicted octanol–water partition coefficient (Wildman–Crippen LogP) is 3.74. The van der Waals surface area contributed by atoms with Gasteiger partial charge in [0.25, 0.3) is 0 Å². The van der Waals surface area contributed by atoms with Gasteiger partial charge in [-0.05, 0) is 50.5 Å². The van der Waals surface area contributed by atoms with Crippen molar-refractivity contribution in [2.45, 2.75) is 40.2 Å². The van der Waals surface area contributed by atoms with Crippen molar-refractivity contribution in [2.75, 3.05) is 5.32 Å². The summed E-state index contributed by atoms with van der Waals surface area (Å²) in [5.41, 5.74) is 2.73. The van der Waals surface area contributed by atoms with Crippen LogP contribution in [-0.2, 0) is 0 Å². The molecule has 2 N–H and O–H groups in total. The number of rotatable bonds is 5. The second-order valence-electron chi connectivity index (χ2n) is 6.06. The first kappa shape index (κ1) is 16.1. The monoisotopic (exact) mass is 300 g/mol. The first-order valence-electron chi connectivity index (χ1n) is 7.64. The van der Waals surface area contributed by atoms with Crippen LogP contribution in [-0.4, -0.2) is 21.9 Å². The number of carbonyl (C=O) groups excluding carboxylic acids is 1. The van der Waals surface area contributed by atoms with Gasteiger partial charge in [-0.3, -0.25) is 0 Å². The van der Waals surface area contributed by atoms with Crippen LogP contribution in [0.5, 0.6) is 0 Å². The maximum Gasteiger partial charge on any atom is 0.319 e. The topological polar surface area (TPSA) is 59.0 Å². The predicted molar refractivity (Wildman–Crippen MR) is 89.4 cm³/mol. The van der Waals surface area contributed by atoms with E-state index < -0.39 is 0 Å². The fourth-order valence-corrected chi connectivity index (χ4v) is 2.51. The largest absolute Gasteiger partial charge is 0.335 e. The zero-order chi connectivity index (χ0) is 16.1. The number of aryl methyl sites for hydroxylation is 1. The Kier molecular flexibility index (Phi) is 5.20. The van der Waals surface area contributed by atoms with Crippen LogP contribution in [0, 0.1) is 12.8 Å². The molecular weight excluding hydrogens is 276 g/mol. The number of urea groups is 1. The number of hydrogen-bond acceptors (Lipinski definition) is 2. The number of aromatic nitrogens is 2. The molecule has 1 unspecified atom stereocenters. The van der Waals surface area contributed by atoms with Crippen molar-refractivity contribution in [1.29, 1.82) is 0 Å². The fourth-order valence-electron chi connectivity index (χ4n) is 2.51. The molecule has 1 aromatic carbocycles. The van der Waals surface area contributed by atoms with E-state index in [1.54, 1.807) is 6.20 Å². The van der Waals surface area contributed by atoms with Crippen LogP contribution in [0.2, 0.25) is 0 Å². The molecule has 0 saturated carbocycles. The Hall–Kier alpha value is -2.30. The van der Waals surface area contributed by atoms with E-state index >= 15 is 0 Å². The smallest absolute Gasteiger partial charge is 0.319 e. The van der Waals surface area contributed by atoms with Gasteiger partial charge >= 0.3 is 6.03 Å². The zero-order valence-electron chi connectivity index (χ0n) is 13.6. The summed E-state index contributed by atoms with van der Waals surface area (Å²) in [7, 11) is 0. The van der Waals surface area contributed by atoms with E-state index in [4.69, 9.17) is 0 Å². The highest BCUT2D eigenvalue weighted by Crippen LogP contribution is 2.15. The van der Waals surface area contributed by atoms with Crippen LogP contribution in [0.3, 0.4) is 0 Å². The first-order chi connectivity index (χ1) is 10.5. The third-order valence-electron chi connectivity index (χ3n) is 3.38. The van der Waals surface area contributed by atoms with Gasteiger partial charge in [0.15, 0.2) is 0 Å². The maximum absolute atomic E-state index is 12.0. The Morgan fingerprint density at radius 3 is 2.68 bits per heavy atom. The summed E-state index contributed by atoms with van der Waals surface area (Å²) >= 11 is 0. The minimum Gasteiger partial charge on any atom is -0.335 e. The summed E-state index contributed by atoms with van der Waals surface area (Å²) in [6.07, 6.45) is 2.72. The normalized spacial score (nSPS) is 12.2. The van der Waals surface area contributed by atoms with E-state index in [9.17, 15) is 4.79 Å². The summed E-state index contributed by atoms with van der Waals surface area (Å²) in [4.78, 5) is 12.0. The van der Waals surface area contributed by atoms with Crippen LogP contribution in [0.4, 0.5) is 10.5 Å². The summed E-state index contributed by atoms with van der Waals surface area (Å²) in [5.74, 6) is 0.557.